The zero-order chi connectivity index (χ0) is 70.0. The van der Waals surface area contributed by atoms with Crippen LogP contribution in [0, 0.1) is 11.8 Å². The lowest BCUT2D eigenvalue weighted by atomic mass is 10.0. The highest BCUT2D eigenvalue weighted by Gasteiger charge is 2.30. The van der Waals surface area contributed by atoms with Crippen LogP contribution in [0.25, 0.3) is 0 Å². The minimum absolute atomic E-state index is 0.106. The van der Waals surface area contributed by atoms with Gasteiger partial charge in [0.25, 0.3) is 0 Å². The van der Waals surface area contributed by atoms with Crippen LogP contribution in [0.2, 0.25) is 0 Å². The normalized spacial score (nSPS) is 14.0. The van der Waals surface area contributed by atoms with Gasteiger partial charge in [-0.3, -0.25) is 37.3 Å². The van der Waals surface area contributed by atoms with E-state index in [9.17, 15) is 43.2 Å². The van der Waals surface area contributed by atoms with Crippen molar-refractivity contribution >= 4 is 39.5 Å². The van der Waals surface area contributed by atoms with Gasteiger partial charge in [0.1, 0.15) is 19.3 Å². The Hall–Kier alpha value is -1.94. The summed E-state index contributed by atoms with van der Waals surface area (Å²) in [7, 11) is -9.90. The van der Waals surface area contributed by atoms with E-state index in [2.05, 4.69) is 41.5 Å². The second-order valence-electron chi connectivity index (χ2n) is 28.3. The van der Waals surface area contributed by atoms with Gasteiger partial charge in [0.2, 0.25) is 0 Å². The highest BCUT2D eigenvalue weighted by molar-refractivity contribution is 7.47. The first-order valence-electron chi connectivity index (χ1n) is 39.5. The van der Waals surface area contributed by atoms with E-state index in [-0.39, 0.29) is 25.7 Å². The number of hydrogen-bond donors (Lipinski definition) is 3. The molecule has 564 valence electrons. The van der Waals surface area contributed by atoms with Gasteiger partial charge in [0.05, 0.1) is 26.4 Å². The van der Waals surface area contributed by atoms with Crippen molar-refractivity contribution in [3.8, 4) is 0 Å². The molecule has 0 amide bonds. The van der Waals surface area contributed by atoms with E-state index in [4.69, 9.17) is 37.0 Å². The summed E-state index contributed by atoms with van der Waals surface area (Å²) in [6, 6.07) is 0. The van der Waals surface area contributed by atoms with Crippen molar-refractivity contribution in [1.29, 1.82) is 0 Å². The average molecular weight is 1400 g/mol. The minimum Gasteiger partial charge on any atom is -0.462 e. The van der Waals surface area contributed by atoms with Gasteiger partial charge in [-0.05, 0) is 37.5 Å². The predicted octanol–water partition coefficient (Wildman–Crippen LogP) is 22.3. The fraction of sp³-hybridized carbons (Fsp3) is 0.947. The molecule has 2 unspecified atom stereocenters. The van der Waals surface area contributed by atoms with Crippen molar-refractivity contribution < 1.29 is 80.2 Å². The summed E-state index contributed by atoms with van der Waals surface area (Å²) in [6.07, 6.45) is 56.0. The molecule has 0 radical (unpaired) electrons. The van der Waals surface area contributed by atoms with Gasteiger partial charge in [-0.15, -0.1) is 0 Å². The number of ether oxygens (including phenoxy) is 4. The second-order valence-corrected chi connectivity index (χ2v) is 31.3. The van der Waals surface area contributed by atoms with Crippen LogP contribution in [0.4, 0.5) is 0 Å². The van der Waals surface area contributed by atoms with E-state index in [0.717, 1.165) is 108 Å². The molecule has 0 bridgehead atoms. The Balaban J connectivity index is 5.12. The Morgan fingerprint density at radius 1 is 0.284 bits per heavy atom. The number of carbonyl (C=O) groups excluding carboxylic acids is 4. The first-order valence-corrected chi connectivity index (χ1v) is 42.5. The lowest BCUT2D eigenvalue weighted by Crippen LogP contribution is -2.30. The van der Waals surface area contributed by atoms with Gasteiger partial charge in [0, 0.05) is 25.7 Å². The molecule has 0 saturated heterocycles. The third-order valence-corrected chi connectivity index (χ3v) is 19.6. The molecule has 0 fully saturated rings. The fourth-order valence-corrected chi connectivity index (χ4v) is 13.2. The van der Waals surface area contributed by atoms with E-state index in [1.807, 2.05) is 0 Å². The molecule has 17 nitrogen and oxygen atoms in total. The first-order chi connectivity index (χ1) is 45.9. The van der Waals surface area contributed by atoms with Crippen LogP contribution >= 0.6 is 15.6 Å². The maximum Gasteiger partial charge on any atom is 0.472 e. The molecule has 3 N–H and O–H groups in total. The summed E-state index contributed by atoms with van der Waals surface area (Å²) in [4.78, 5) is 72.5. The smallest absolute Gasteiger partial charge is 0.462 e. The quantitative estimate of drug-likeness (QED) is 0.0222. The third kappa shape index (κ3) is 70.3. The summed E-state index contributed by atoms with van der Waals surface area (Å²) in [6.45, 7) is 9.56. The van der Waals surface area contributed by atoms with Crippen LogP contribution in [-0.2, 0) is 65.4 Å². The summed E-state index contributed by atoms with van der Waals surface area (Å²) < 4.78 is 68.2. The number of carbonyl (C=O) groups is 4. The number of esters is 4. The van der Waals surface area contributed by atoms with Gasteiger partial charge < -0.3 is 33.8 Å². The van der Waals surface area contributed by atoms with Crippen molar-refractivity contribution in [3.05, 3.63) is 0 Å². The molecule has 95 heavy (non-hydrogen) atoms. The van der Waals surface area contributed by atoms with Crippen LogP contribution in [-0.4, -0.2) is 96.7 Å². The Kier molecular flexibility index (Phi) is 66.5. The monoisotopic (exact) mass is 1400 g/mol. The topological polar surface area (TPSA) is 237 Å². The molecular formula is C76H148O17P2. The number of hydrogen-bond acceptors (Lipinski definition) is 15. The minimum atomic E-state index is -4.96. The standard InChI is InChI=1S/C76H148O17P2/c1-7-9-11-13-14-15-29-37-42-48-54-60-75(80)92-71(64-86-73(78)58-52-44-12-10-8-2)66-90-94(82,83)88-62-70(77)63-89-95(84,85)91-67-72(65-87-74(79)59-53-47-41-36-32-27-24-20-22-26-31-35-40-46-51-57-69(5)6)93-76(81)61-55-49-43-38-33-28-23-19-17-16-18-21-25-30-34-39-45-50-56-68(3)4/h68-72,77H,7-67H2,1-6H3,(H,82,83)(H,84,85)/t70-,71+,72+/m0/s1. The van der Waals surface area contributed by atoms with E-state index in [0.29, 0.717) is 25.7 Å². The number of unbranched alkanes of at least 4 members (excludes halogenated alkanes) is 45. The SMILES string of the molecule is CCCCCCCCCCCCCC(=O)O[C@H](COC(=O)CCCCCCC)COP(=O)(O)OC[C@H](O)COP(=O)(O)OC[C@@H](COC(=O)CCCCCCCCCCCCCCCCCC(C)C)OC(=O)CCCCCCCCCCCCCCCCCCCCC(C)C. The van der Waals surface area contributed by atoms with Crippen LogP contribution in [0.15, 0.2) is 0 Å². The van der Waals surface area contributed by atoms with Gasteiger partial charge >= 0.3 is 39.5 Å². The second kappa shape index (κ2) is 67.9. The third-order valence-electron chi connectivity index (χ3n) is 17.7. The van der Waals surface area contributed by atoms with Crippen molar-refractivity contribution in [2.45, 2.75) is 413 Å². The Labute approximate surface area is 581 Å². The summed E-state index contributed by atoms with van der Waals surface area (Å²) >= 11 is 0. The molecule has 0 aromatic carbocycles. The van der Waals surface area contributed by atoms with Crippen molar-refractivity contribution in [2.24, 2.45) is 11.8 Å². The zero-order valence-electron chi connectivity index (χ0n) is 62.0. The lowest BCUT2D eigenvalue weighted by molar-refractivity contribution is -0.161. The lowest BCUT2D eigenvalue weighted by Gasteiger charge is -2.21. The number of phosphoric acid groups is 2. The van der Waals surface area contributed by atoms with Gasteiger partial charge in [-0.1, -0.05) is 343 Å². The van der Waals surface area contributed by atoms with Gasteiger partial charge in [-0.25, -0.2) is 9.13 Å². The van der Waals surface area contributed by atoms with E-state index >= 15 is 0 Å². The number of aliphatic hydroxyl groups is 1. The number of aliphatic hydroxyl groups excluding tert-OH is 1. The van der Waals surface area contributed by atoms with Crippen LogP contribution < -0.4 is 0 Å². The average Bonchev–Trinajstić information content (AvgIpc) is 3.75. The summed E-state index contributed by atoms with van der Waals surface area (Å²) in [5, 5.41) is 10.6. The van der Waals surface area contributed by atoms with E-state index in [1.54, 1.807) is 0 Å². The molecule has 0 saturated carbocycles. The van der Waals surface area contributed by atoms with Crippen molar-refractivity contribution in [3.63, 3.8) is 0 Å². The van der Waals surface area contributed by atoms with Crippen LogP contribution in [0.5, 0.6) is 0 Å². The summed E-state index contributed by atoms with van der Waals surface area (Å²) in [5.41, 5.74) is 0. The van der Waals surface area contributed by atoms with Gasteiger partial charge in [0.15, 0.2) is 12.2 Å². The van der Waals surface area contributed by atoms with Gasteiger partial charge in [-0.2, -0.15) is 0 Å². The fourth-order valence-electron chi connectivity index (χ4n) is 11.7. The van der Waals surface area contributed by atoms with Crippen molar-refractivity contribution in [2.75, 3.05) is 39.6 Å². The van der Waals surface area contributed by atoms with Crippen molar-refractivity contribution in [1.82, 2.24) is 0 Å². The molecule has 19 heteroatoms. The first kappa shape index (κ1) is 93.1. The summed E-state index contributed by atoms with van der Waals surface area (Å²) in [5.74, 6) is -0.500. The molecule has 0 aliphatic rings. The van der Waals surface area contributed by atoms with Crippen LogP contribution in [0.1, 0.15) is 395 Å². The maximum absolute atomic E-state index is 13.1. The molecule has 0 rings (SSSR count). The Morgan fingerprint density at radius 3 is 0.716 bits per heavy atom. The Bertz CT molecular complexity index is 1840. The highest BCUT2D eigenvalue weighted by Crippen LogP contribution is 2.45. The predicted molar refractivity (Wildman–Crippen MR) is 386 cm³/mol. The zero-order valence-corrected chi connectivity index (χ0v) is 63.8. The van der Waals surface area contributed by atoms with E-state index in [1.165, 1.54) is 205 Å². The maximum atomic E-state index is 13.1. The highest BCUT2D eigenvalue weighted by atomic mass is 31.2. The Morgan fingerprint density at radius 2 is 0.484 bits per heavy atom. The molecule has 0 spiro atoms. The molecule has 0 heterocycles. The number of rotatable bonds is 75. The number of phosphoric ester groups is 2. The molecule has 0 aromatic rings. The van der Waals surface area contributed by atoms with Crippen LogP contribution in [0.3, 0.4) is 0 Å². The molecular weight excluding hydrogens is 1250 g/mol. The molecule has 0 aromatic heterocycles. The molecule has 0 aliphatic heterocycles. The van der Waals surface area contributed by atoms with E-state index < -0.39 is 97.5 Å². The molecule has 0 aliphatic carbocycles. The molecule has 5 atom stereocenters. The largest absolute Gasteiger partial charge is 0.472 e.